The first kappa shape index (κ1) is 18.4. The normalized spacial score (nSPS) is 15.6. The highest BCUT2D eigenvalue weighted by molar-refractivity contribution is 5.99. The summed E-state index contributed by atoms with van der Waals surface area (Å²) in [6.45, 7) is 4.04. The Hall–Kier alpha value is -3.61. The number of ether oxygens (including phenoxy) is 5. The van der Waals surface area contributed by atoms with Gasteiger partial charge in [-0.25, -0.2) is 4.79 Å². The zero-order valence-corrected chi connectivity index (χ0v) is 17.0. The Balaban J connectivity index is 1.82. The van der Waals surface area contributed by atoms with Gasteiger partial charge < -0.3 is 28.1 Å². The first-order chi connectivity index (χ1) is 14.4. The van der Waals surface area contributed by atoms with E-state index in [1.165, 1.54) is 7.11 Å². The maximum absolute atomic E-state index is 13.0. The standard InChI is InChI=1S/C23H20O7/c1-23(2)8-7-13-15(30-23)10-17-19(20(13)25-3)21(26-4)18(22(24)29-17)12-5-6-14-16(9-12)28-11-27-14/h5-10H,11H2,1-4H3. The smallest absolute Gasteiger partial charge is 0.348 e. The van der Waals surface area contributed by atoms with Crippen molar-refractivity contribution in [3.05, 3.63) is 46.3 Å². The molecule has 0 N–H and O–H groups in total. The Morgan fingerprint density at radius 2 is 1.73 bits per heavy atom. The molecule has 7 heteroatoms. The summed E-state index contributed by atoms with van der Waals surface area (Å²) >= 11 is 0. The van der Waals surface area contributed by atoms with Crippen LogP contribution in [0, 0.1) is 0 Å². The van der Waals surface area contributed by atoms with Gasteiger partial charge in [0.25, 0.3) is 0 Å². The minimum absolute atomic E-state index is 0.144. The fraction of sp³-hybridized carbons (Fsp3) is 0.261. The van der Waals surface area contributed by atoms with Gasteiger partial charge in [-0.1, -0.05) is 6.07 Å². The zero-order valence-electron chi connectivity index (χ0n) is 17.0. The molecule has 2 aromatic carbocycles. The van der Waals surface area contributed by atoms with Crippen molar-refractivity contribution in [2.24, 2.45) is 0 Å². The van der Waals surface area contributed by atoms with Gasteiger partial charge in [-0.15, -0.1) is 0 Å². The van der Waals surface area contributed by atoms with E-state index in [2.05, 4.69) is 0 Å². The molecular formula is C23H20O7. The first-order valence-corrected chi connectivity index (χ1v) is 9.46. The van der Waals surface area contributed by atoms with Crippen molar-refractivity contribution in [1.82, 2.24) is 0 Å². The third-order valence-corrected chi connectivity index (χ3v) is 5.20. The Morgan fingerprint density at radius 1 is 0.967 bits per heavy atom. The number of fused-ring (bicyclic) bond motifs is 3. The summed E-state index contributed by atoms with van der Waals surface area (Å²) in [6.07, 6.45) is 3.90. The van der Waals surface area contributed by atoms with Gasteiger partial charge in [0.2, 0.25) is 6.79 Å². The van der Waals surface area contributed by atoms with Crippen LogP contribution < -0.4 is 29.3 Å². The Kier molecular flexibility index (Phi) is 3.96. The van der Waals surface area contributed by atoms with Gasteiger partial charge in [-0.2, -0.15) is 0 Å². The van der Waals surface area contributed by atoms with Crippen molar-refractivity contribution in [3.63, 3.8) is 0 Å². The van der Waals surface area contributed by atoms with E-state index in [4.69, 9.17) is 28.1 Å². The number of hydrogen-bond acceptors (Lipinski definition) is 7. The molecule has 0 bridgehead atoms. The summed E-state index contributed by atoms with van der Waals surface area (Å²) in [5.74, 6) is 2.63. The van der Waals surface area contributed by atoms with Crippen LogP contribution >= 0.6 is 0 Å². The molecule has 0 amide bonds. The number of benzene rings is 2. The molecular weight excluding hydrogens is 388 g/mol. The molecule has 0 unspecified atom stereocenters. The molecule has 1 aromatic heterocycles. The zero-order chi connectivity index (χ0) is 21.0. The van der Waals surface area contributed by atoms with Gasteiger partial charge >= 0.3 is 5.63 Å². The molecule has 0 atom stereocenters. The molecule has 30 heavy (non-hydrogen) atoms. The second kappa shape index (κ2) is 6.45. The van der Waals surface area contributed by atoms with Crippen molar-refractivity contribution in [2.45, 2.75) is 19.4 Å². The van der Waals surface area contributed by atoms with Gasteiger partial charge in [-0.3, -0.25) is 0 Å². The lowest BCUT2D eigenvalue weighted by atomic mass is 9.97. The molecule has 154 valence electrons. The highest BCUT2D eigenvalue weighted by atomic mass is 16.7. The number of hydrogen-bond donors (Lipinski definition) is 0. The highest BCUT2D eigenvalue weighted by Gasteiger charge is 2.29. The van der Waals surface area contributed by atoms with Crippen LogP contribution in [0.1, 0.15) is 19.4 Å². The minimum atomic E-state index is -0.536. The summed E-state index contributed by atoms with van der Waals surface area (Å²) in [7, 11) is 3.08. The van der Waals surface area contributed by atoms with Gasteiger partial charge in [0, 0.05) is 6.07 Å². The van der Waals surface area contributed by atoms with E-state index in [1.807, 2.05) is 26.0 Å². The van der Waals surface area contributed by atoms with E-state index in [-0.39, 0.29) is 12.4 Å². The predicted octanol–water partition coefficient (Wildman–Crippen LogP) is 4.39. The van der Waals surface area contributed by atoms with Crippen LogP contribution in [0.3, 0.4) is 0 Å². The second-order valence-electron chi connectivity index (χ2n) is 7.60. The Bertz CT molecular complexity index is 1270. The van der Waals surface area contributed by atoms with Crippen LogP contribution in [0.2, 0.25) is 0 Å². The molecule has 0 radical (unpaired) electrons. The summed E-state index contributed by atoms with van der Waals surface area (Å²) in [5, 5.41) is 0.555. The monoisotopic (exact) mass is 408 g/mol. The van der Waals surface area contributed by atoms with E-state index in [1.54, 1.807) is 31.4 Å². The van der Waals surface area contributed by atoms with Crippen molar-refractivity contribution >= 4 is 17.0 Å². The summed E-state index contributed by atoms with van der Waals surface area (Å²) in [4.78, 5) is 13.0. The largest absolute Gasteiger partial charge is 0.495 e. The third-order valence-electron chi connectivity index (χ3n) is 5.20. The SMILES string of the molecule is COc1c2c(cc3oc(=O)c(-c4ccc5c(c4)OCO5)c(OC)c13)OC(C)(C)C=C2. The van der Waals surface area contributed by atoms with E-state index in [0.29, 0.717) is 45.3 Å². The molecule has 7 nitrogen and oxygen atoms in total. The topological polar surface area (TPSA) is 76.4 Å². The lowest BCUT2D eigenvalue weighted by Crippen LogP contribution is -2.27. The molecule has 0 spiro atoms. The van der Waals surface area contributed by atoms with Crippen molar-refractivity contribution in [1.29, 1.82) is 0 Å². The summed E-state index contributed by atoms with van der Waals surface area (Å²) in [5.41, 5.74) is 0.937. The van der Waals surface area contributed by atoms with Gasteiger partial charge in [0.15, 0.2) is 11.5 Å². The lowest BCUT2D eigenvalue weighted by molar-refractivity contribution is 0.158. The van der Waals surface area contributed by atoms with E-state index >= 15 is 0 Å². The van der Waals surface area contributed by atoms with E-state index in [0.717, 1.165) is 5.56 Å². The predicted molar refractivity (Wildman–Crippen MR) is 111 cm³/mol. The quantitative estimate of drug-likeness (QED) is 0.595. The fourth-order valence-electron chi connectivity index (χ4n) is 3.85. The Morgan fingerprint density at radius 3 is 2.50 bits per heavy atom. The molecule has 2 aliphatic rings. The van der Waals surface area contributed by atoms with Crippen LogP contribution in [-0.4, -0.2) is 26.6 Å². The van der Waals surface area contributed by atoms with Gasteiger partial charge in [-0.05, 0) is 43.7 Å². The van der Waals surface area contributed by atoms with Crippen LogP contribution in [0.4, 0.5) is 0 Å². The average Bonchev–Trinajstić information content (AvgIpc) is 3.18. The van der Waals surface area contributed by atoms with Crippen molar-refractivity contribution in [3.8, 4) is 39.9 Å². The van der Waals surface area contributed by atoms with Crippen LogP contribution in [0.15, 0.2) is 39.6 Å². The molecule has 3 aromatic rings. The molecule has 5 rings (SSSR count). The number of methoxy groups -OCH3 is 2. The van der Waals surface area contributed by atoms with E-state index in [9.17, 15) is 4.79 Å². The Labute approximate surface area is 172 Å². The summed E-state index contributed by atoms with van der Waals surface area (Å²) in [6, 6.07) is 6.96. The lowest BCUT2D eigenvalue weighted by Gasteiger charge is -2.29. The van der Waals surface area contributed by atoms with Gasteiger partial charge in [0.1, 0.15) is 39.4 Å². The fourth-order valence-corrected chi connectivity index (χ4v) is 3.85. The van der Waals surface area contributed by atoms with E-state index < -0.39 is 11.2 Å². The molecule has 0 aliphatic carbocycles. The van der Waals surface area contributed by atoms with Crippen LogP contribution in [0.25, 0.3) is 28.2 Å². The molecule has 0 saturated heterocycles. The first-order valence-electron chi connectivity index (χ1n) is 9.46. The summed E-state index contributed by atoms with van der Waals surface area (Å²) < 4.78 is 34.0. The molecule has 0 fully saturated rings. The molecule has 2 aliphatic heterocycles. The molecule has 3 heterocycles. The van der Waals surface area contributed by atoms with Crippen LogP contribution in [-0.2, 0) is 0 Å². The average molecular weight is 408 g/mol. The van der Waals surface area contributed by atoms with Crippen LogP contribution in [0.5, 0.6) is 28.7 Å². The third kappa shape index (κ3) is 2.69. The van der Waals surface area contributed by atoms with Crippen molar-refractivity contribution < 1.29 is 28.1 Å². The highest BCUT2D eigenvalue weighted by Crippen LogP contribution is 2.47. The minimum Gasteiger partial charge on any atom is -0.495 e. The number of rotatable bonds is 3. The van der Waals surface area contributed by atoms with Gasteiger partial charge in [0.05, 0.1) is 19.8 Å². The maximum Gasteiger partial charge on any atom is 0.348 e. The maximum atomic E-state index is 13.0. The molecule has 0 saturated carbocycles. The van der Waals surface area contributed by atoms with Crippen molar-refractivity contribution in [2.75, 3.05) is 21.0 Å². The second-order valence-corrected chi connectivity index (χ2v) is 7.60.